The molecule has 4 nitrogen and oxygen atoms in total. The topological polar surface area (TPSA) is 46.4 Å². The SMILES string of the molecule is CC.Cc1cccc(NC(=O)c2cn3ccsc3n2)c1. The number of aromatic nitrogens is 2. The molecule has 0 saturated heterocycles. The van der Waals surface area contributed by atoms with Crippen LogP contribution in [-0.2, 0) is 0 Å². The number of rotatable bonds is 2. The Balaban J connectivity index is 0.000000704. The quantitative estimate of drug-likeness (QED) is 0.775. The molecule has 0 saturated carbocycles. The summed E-state index contributed by atoms with van der Waals surface area (Å²) in [5.41, 5.74) is 2.33. The first kappa shape index (κ1) is 14.3. The van der Waals surface area contributed by atoms with Crippen molar-refractivity contribution in [1.29, 1.82) is 0 Å². The molecule has 3 rings (SSSR count). The van der Waals surface area contributed by atoms with E-state index in [9.17, 15) is 4.79 Å². The molecule has 0 bridgehead atoms. The Morgan fingerprint density at radius 2 is 2.15 bits per heavy atom. The monoisotopic (exact) mass is 287 g/mol. The van der Waals surface area contributed by atoms with Crippen LogP contribution < -0.4 is 5.32 Å². The Labute approximate surface area is 122 Å². The van der Waals surface area contributed by atoms with Crippen LogP contribution in [0.3, 0.4) is 0 Å². The summed E-state index contributed by atoms with van der Waals surface area (Å²) >= 11 is 1.51. The third-order valence-electron chi connectivity index (χ3n) is 2.60. The van der Waals surface area contributed by atoms with Gasteiger partial charge in [-0.25, -0.2) is 4.98 Å². The molecule has 2 aromatic heterocycles. The smallest absolute Gasteiger partial charge is 0.275 e. The number of aryl methyl sites for hydroxylation is 1. The lowest BCUT2D eigenvalue weighted by atomic mass is 10.2. The predicted molar refractivity (Wildman–Crippen MR) is 83.5 cm³/mol. The van der Waals surface area contributed by atoms with E-state index in [2.05, 4.69) is 10.3 Å². The van der Waals surface area contributed by atoms with E-state index in [1.807, 2.05) is 61.0 Å². The second kappa shape index (κ2) is 6.34. The molecule has 0 aliphatic rings. The number of anilines is 1. The number of nitrogens with zero attached hydrogens (tertiary/aromatic N) is 2. The fraction of sp³-hybridized carbons (Fsp3) is 0.200. The number of imidazole rings is 1. The number of fused-ring (bicyclic) bond motifs is 1. The normalized spacial score (nSPS) is 9.95. The van der Waals surface area contributed by atoms with Crippen molar-refractivity contribution >= 4 is 27.9 Å². The van der Waals surface area contributed by atoms with E-state index in [-0.39, 0.29) is 5.91 Å². The molecule has 0 aliphatic heterocycles. The number of hydrogen-bond acceptors (Lipinski definition) is 3. The van der Waals surface area contributed by atoms with Crippen LogP contribution in [0.5, 0.6) is 0 Å². The molecular formula is C15H17N3OS. The zero-order valence-electron chi connectivity index (χ0n) is 11.8. The second-order valence-electron chi connectivity index (χ2n) is 4.04. The number of amides is 1. The van der Waals surface area contributed by atoms with Crippen molar-refractivity contribution in [3.8, 4) is 0 Å². The van der Waals surface area contributed by atoms with Crippen LogP contribution >= 0.6 is 11.3 Å². The van der Waals surface area contributed by atoms with Gasteiger partial charge in [-0.3, -0.25) is 9.20 Å². The highest BCUT2D eigenvalue weighted by atomic mass is 32.1. The second-order valence-corrected chi connectivity index (χ2v) is 4.92. The van der Waals surface area contributed by atoms with Crippen molar-refractivity contribution < 1.29 is 4.79 Å². The standard InChI is InChI=1S/C13H11N3OS.C2H6/c1-9-3-2-4-10(7-9)14-12(17)11-8-16-5-6-18-13(16)15-11;1-2/h2-8H,1H3,(H,14,17);1-2H3. The lowest BCUT2D eigenvalue weighted by Gasteiger charge is -2.03. The molecule has 0 atom stereocenters. The highest BCUT2D eigenvalue weighted by molar-refractivity contribution is 7.15. The molecule has 0 fully saturated rings. The van der Waals surface area contributed by atoms with Crippen molar-refractivity contribution in [2.24, 2.45) is 0 Å². The minimum Gasteiger partial charge on any atom is -0.321 e. The van der Waals surface area contributed by atoms with Crippen molar-refractivity contribution in [2.45, 2.75) is 20.8 Å². The first-order valence-electron chi connectivity index (χ1n) is 6.52. The van der Waals surface area contributed by atoms with Crippen LogP contribution in [0, 0.1) is 6.92 Å². The van der Waals surface area contributed by atoms with Gasteiger partial charge in [0.1, 0.15) is 5.69 Å². The van der Waals surface area contributed by atoms with Crippen LogP contribution in [0.4, 0.5) is 5.69 Å². The summed E-state index contributed by atoms with van der Waals surface area (Å²) in [5, 5.41) is 4.77. The fourth-order valence-corrected chi connectivity index (χ4v) is 2.45. The molecular weight excluding hydrogens is 270 g/mol. The van der Waals surface area contributed by atoms with Gasteiger partial charge >= 0.3 is 0 Å². The third kappa shape index (κ3) is 3.05. The molecule has 3 aromatic rings. The predicted octanol–water partition coefficient (Wildman–Crippen LogP) is 3.98. The Hall–Kier alpha value is -2.14. The average Bonchev–Trinajstić information content (AvgIpc) is 3.01. The Kier molecular flexibility index (Phi) is 4.53. The zero-order chi connectivity index (χ0) is 14.5. The van der Waals surface area contributed by atoms with E-state index in [0.717, 1.165) is 16.2 Å². The molecule has 104 valence electrons. The zero-order valence-corrected chi connectivity index (χ0v) is 12.6. The Morgan fingerprint density at radius 1 is 1.35 bits per heavy atom. The molecule has 0 spiro atoms. The lowest BCUT2D eigenvalue weighted by molar-refractivity contribution is 0.102. The summed E-state index contributed by atoms with van der Waals surface area (Å²) in [6.45, 7) is 5.99. The highest BCUT2D eigenvalue weighted by Crippen LogP contribution is 2.14. The minimum absolute atomic E-state index is 0.184. The summed E-state index contributed by atoms with van der Waals surface area (Å²) < 4.78 is 1.84. The number of benzene rings is 1. The molecule has 0 radical (unpaired) electrons. The first-order valence-corrected chi connectivity index (χ1v) is 7.40. The van der Waals surface area contributed by atoms with Gasteiger partial charge in [0.2, 0.25) is 0 Å². The number of thiazole rings is 1. The van der Waals surface area contributed by atoms with Gasteiger partial charge in [-0.05, 0) is 24.6 Å². The average molecular weight is 287 g/mol. The summed E-state index contributed by atoms with van der Waals surface area (Å²) in [7, 11) is 0. The molecule has 0 aliphatic carbocycles. The van der Waals surface area contributed by atoms with E-state index in [1.165, 1.54) is 11.3 Å². The van der Waals surface area contributed by atoms with Crippen molar-refractivity contribution in [3.63, 3.8) is 0 Å². The van der Waals surface area contributed by atoms with E-state index >= 15 is 0 Å². The fourth-order valence-electron chi connectivity index (χ4n) is 1.75. The summed E-state index contributed by atoms with van der Waals surface area (Å²) in [4.78, 5) is 17.1. The maximum absolute atomic E-state index is 12.0. The highest BCUT2D eigenvalue weighted by Gasteiger charge is 2.11. The molecule has 1 amide bonds. The third-order valence-corrected chi connectivity index (χ3v) is 3.37. The van der Waals surface area contributed by atoms with Gasteiger partial charge in [0.05, 0.1) is 0 Å². The van der Waals surface area contributed by atoms with Gasteiger partial charge in [0.15, 0.2) is 4.96 Å². The van der Waals surface area contributed by atoms with Gasteiger partial charge in [-0.1, -0.05) is 26.0 Å². The number of carbonyl (C=O) groups excluding carboxylic acids is 1. The van der Waals surface area contributed by atoms with Crippen LogP contribution in [0.2, 0.25) is 0 Å². The lowest BCUT2D eigenvalue weighted by Crippen LogP contribution is -2.12. The van der Waals surface area contributed by atoms with Crippen LogP contribution in [-0.4, -0.2) is 15.3 Å². The van der Waals surface area contributed by atoms with Crippen LogP contribution in [0.15, 0.2) is 42.0 Å². The first-order chi connectivity index (χ1) is 9.72. The van der Waals surface area contributed by atoms with Gasteiger partial charge in [0, 0.05) is 23.5 Å². The molecule has 1 N–H and O–H groups in total. The Bertz CT molecular complexity index is 686. The van der Waals surface area contributed by atoms with E-state index < -0.39 is 0 Å². The maximum atomic E-state index is 12.0. The molecule has 20 heavy (non-hydrogen) atoms. The number of carbonyl (C=O) groups is 1. The Morgan fingerprint density at radius 3 is 2.85 bits per heavy atom. The van der Waals surface area contributed by atoms with E-state index in [1.54, 1.807) is 6.20 Å². The van der Waals surface area contributed by atoms with Crippen molar-refractivity contribution in [3.05, 3.63) is 53.3 Å². The molecule has 5 heteroatoms. The number of hydrogen-bond donors (Lipinski definition) is 1. The molecule has 2 heterocycles. The summed E-state index contributed by atoms with van der Waals surface area (Å²) in [5.74, 6) is -0.184. The van der Waals surface area contributed by atoms with Crippen LogP contribution in [0.1, 0.15) is 29.9 Å². The summed E-state index contributed by atoms with van der Waals surface area (Å²) in [6, 6.07) is 7.69. The van der Waals surface area contributed by atoms with E-state index in [4.69, 9.17) is 0 Å². The van der Waals surface area contributed by atoms with Gasteiger partial charge < -0.3 is 5.32 Å². The minimum atomic E-state index is -0.184. The van der Waals surface area contributed by atoms with Gasteiger partial charge in [-0.2, -0.15) is 0 Å². The number of nitrogens with one attached hydrogen (secondary N) is 1. The largest absolute Gasteiger partial charge is 0.321 e. The summed E-state index contributed by atoms with van der Waals surface area (Å²) in [6.07, 6.45) is 3.62. The molecule has 1 aromatic carbocycles. The molecule has 0 unspecified atom stereocenters. The van der Waals surface area contributed by atoms with Crippen LogP contribution in [0.25, 0.3) is 4.96 Å². The van der Waals surface area contributed by atoms with E-state index in [0.29, 0.717) is 5.69 Å². The van der Waals surface area contributed by atoms with Crippen molar-refractivity contribution in [1.82, 2.24) is 9.38 Å². The van der Waals surface area contributed by atoms with Gasteiger partial charge in [-0.15, -0.1) is 11.3 Å². The van der Waals surface area contributed by atoms with Crippen molar-refractivity contribution in [2.75, 3.05) is 5.32 Å². The van der Waals surface area contributed by atoms with Gasteiger partial charge in [0.25, 0.3) is 5.91 Å². The maximum Gasteiger partial charge on any atom is 0.275 e.